The molecule has 1 amide bonds. The molecule has 0 unspecified atom stereocenters. The van der Waals surface area contributed by atoms with Crippen LogP contribution in [-0.2, 0) is 26.1 Å². The fourth-order valence-electron chi connectivity index (χ4n) is 3.63. The van der Waals surface area contributed by atoms with E-state index in [4.69, 9.17) is 4.74 Å². The van der Waals surface area contributed by atoms with Crippen LogP contribution >= 0.6 is 0 Å². The fraction of sp³-hybridized carbons (Fsp3) is 0.304. The molecule has 31 heavy (non-hydrogen) atoms. The maximum absolute atomic E-state index is 12.3. The number of hydrogen-bond donors (Lipinski definition) is 1. The van der Waals surface area contributed by atoms with Gasteiger partial charge in [0.05, 0.1) is 6.54 Å². The highest BCUT2D eigenvalue weighted by Crippen LogP contribution is 2.21. The first-order valence-corrected chi connectivity index (χ1v) is 10.4. The Balaban J connectivity index is 1.37. The van der Waals surface area contributed by atoms with Crippen LogP contribution in [0.1, 0.15) is 27.7 Å². The zero-order chi connectivity index (χ0) is 21.5. The van der Waals surface area contributed by atoms with Crippen molar-refractivity contribution in [3.05, 3.63) is 84.2 Å². The van der Waals surface area contributed by atoms with E-state index in [9.17, 15) is 4.79 Å². The Morgan fingerprint density at radius 1 is 1.13 bits per heavy atom. The number of benzene rings is 1. The number of amides is 1. The molecule has 2 aromatic heterocycles. The Labute approximate surface area is 181 Å². The molecule has 160 valence electrons. The van der Waals surface area contributed by atoms with Crippen LogP contribution in [0.25, 0.3) is 0 Å². The van der Waals surface area contributed by atoms with E-state index in [1.54, 1.807) is 30.5 Å². The van der Waals surface area contributed by atoms with Gasteiger partial charge in [-0.3, -0.25) is 14.7 Å². The Hall–Kier alpha value is -3.52. The predicted molar refractivity (Wildman–Crippen MR) is 117 cm³/mol. The summed E-state index contributed by atoms with van der Waals surface area (Å²) in [5, 5.41) is 11.5. The molecule has 0 spiro atoms. The van der Waals surface area contributed by atoms with Gasteiger partial charge in [0.1, 0.15) is 23.9 Å². The number of carbonyl (C=O) groups excluding carboxylic acids is 1. The molecule has 0 aliphatic carbocycles. The number of hydrogen-bond acceptors (Lipinski definition) is 6. The molecule has 0 bridgehead atoms. The lowest BCUT2D eigenvalue weighted by Crippen LogP contribution is -2.28. The van der Waals surface area contributed by atoms with Crippen LogP contribution in [0, 0.1) is 0 Å². The van der Waals surface area contributed by atoms with Crippen molar-refractivity contribution in [2.45, 2.75) is 26.1 Å². The third kappa shape index (κ3) is 5.16. The van der Waals surface area contributed by atoms with Crippen LogP contribution in [0.2, 0.25) is 0 Å². The van der Waals surface area contributed by atoms with Gasteiger partial charge in [-0.15, -0.1) is 10.2 Å². The van der Waals surface area contributed by atoms with Crippen molar-refractivity contribution in [1.82, 2.24) is 30.0 Å². The third-order valence-corrected chi connectivity index (χ3v) is 5.22. The van der Waals surface area contributed by atoms with Crippen molar-refractivity contribution in [2.75, 3.05) is 19.7 Å². The topological polar surface area (TPSA) is 85.2 Å². The SMILES string of the molecule is C=CCOc1ccccc1CN1CCc2nnc(CNC(=O)c3ccccn3)n2CC1. The molecule has 0 saturated carbocycles. The molecule has 1 aliphatic heterocycles. The van der Waals surface area contributed by atoms with E-state index in [1.165, 1.54) is 0 Å². The first kappa shape index (κ1) is 20.7. The standard InChI is InChI=1S/C23H26N6O2/c1-2-15-31-20-9-4-3-7-18(20)17-28-12-10-21-26-27-22(29(21)14-13-28)16-25-23(30)19-8-5-6-11-24-19/h2-9,11H,1,10,12-17H2,(H,25,30). The fourth-order valence-corrected chi connectivity index (χ4v) is 3.63. The lowest BCUT2D eigenvalue weighted by molar-refractivity contribution is 0.0944. The van der Waals surface area contributed by atoms with Crippen molar-refractivity contribution in [3.8, 4) is 5.75 Å². The predicted octanol–water partition coefficient (Wildman–Crippen LogP) is 2.23. The minimum absolute atomic E-state index is 0.218. The van der Waals surface area contributed by atoms with Crippen molar-refractivity contribution >= 4 is 5.91 Å². The highest BCUT2D eigenvalue weighted by molar-refractivity contribution is 5.92. The van der Waals surface area contributed by atoms with E-state index in [0.29, 0.717) is 18.8 Å². The Morgan fingerprint density at radius 2 is 2.00 bits per heavy atom. The van der Waals surface area contributed by atoms with E-state index < -0.39 is 0 Å². The molecule has 8 heteroatoms. The van der Waals surface area contributed by atoms with Gasteiger partial charge < -0.3 is 14.6 Å². The van der Waals surface area contributed by atoms with Crippen molar-refractivity contribution in [1.29, 1.82) is 0 Å². The Kier molecular flexibility index (Phi) is 6.68. The number of rotatable bonds is 8. The van der Waals surface area contributed by atoms with Gasteiger partial charge in [0, 0.05) is 44.4 Å². The summed E-state index contributed by atoms with van der Waals surface area (Å²) in [6.45, 7) is 7.85. The average Bonchev–Trinajstić information content (AvgIpc) is 3.09. The minimum Gasteiger partial charge on any atom is -0.489 e. The molecule has 3 aromatic rings. The first-order valence-electron chi connectivity index (χ1n) is 10.4. The molecular formula is C23H26N6O2. The largest absolute Gasteiger partial charge is 0.489 e. The van der Waals surface area contributed by atoms with Crippen molar-refractivity contribution in [3.63, 3.8) is 0 Å². The van der Waals surface area contributed by atoms with Gasteiger partial charge in [-0.05, 0) is 18.2 Å². The lowest BCUT2D eigenvalue weighted by atomic mass is 10.2. The molecule has 1 aromatic carbocycles. The van der Waals surface area contributed by atoms with Gasteiger partial charge in [-0.2, -0.15) is 0 Å². The van der Waals surface area contributed by atoms with Crippen molar-refractivity contribution < 1.29 is 9.53 Å². The number of para-hydroxylation sites is 1. The molecule has 1 N–H and O–H groups in total. The molecule has 0 radical (unpaired) electrons. The van der Waals surface area contributed by atoms with Gasteiger partial charge in [0.15, 0.2) is 5.82 Å². The summed E-state index contributed by atoms with van der Waals surface area (Å²) in [7, 11) is 0. The van der Waals surface area contributed by atoms with E-state index in [2.05, 4.69) is 42.6 Å². The molecule has 3 heterocycles. The Morgan fingerprint density at radius 3 is 2.84 bits per heavy atom. The quantitative estimate of drug-likeness (QED) is 0.565. The molecule has 1 aliphatic rings. The smallest absolute Gasteiger partial charge is 0.270 e. The van der Waals surface area contributed by atoms with E-state index in [0.717, 1.165) is 55.6 Å². The molecule has 0 fully saturated rings. The van der Waals surface area contributed by atoms with E-state index >= 15 is 0 Å². The van der Waals surface area contributed by atoms with Crippen LogP contribution < -0.4 is 10.1 Å². The normalized spacial score (nSPS) is 13.8. The summed E-state index contributed by atoms with van der Waals surface area (Å²) in [5.41, 5.74) is 1.55. The highest BCUT2D eigenvalue weighted by atomic mass is 16.5. The second kappa shape index (κ2) is 9.99. The summed E-state index contributed by atoms with van der Waals surface area (Å²) < 4.78 is 7.91. The van der Waals surface area contributed by atoms with Gasteiger partial charge in [-0.25, -0.2) is 0 Å². The van der Waals surface area contributed by atoms with Gasteiger partial charge in [-0.1, -0.05) is 36.9 Å². The second-order valence-corrected chi connectivity index (χ2v) is 7.32. The number of fused-ring (bicyclic) bond motifs is 1. The lowest BCUT2D eigenvalue weighted by Gasteiger charge is -2.21. The van der Waals surface area contributed by atoms with E-state index in [1.807, 2.05) is 18.2 Å². The molecule has 4 rings (SSSR count). The second-order valence-electron chi connectivity index (χ2n) is 7.32. The molecule has 0 saturated heterocycles. The van der Waals surface area contributed by atoms with Gasteiger partial charge in [0.25, 0.3) is 5.91 Å². The average molecular weight is 419 g/mol. The zero-order valence-electron chi connectivity index (χ0n) is 17.4. The summed E-state index contributed by atoms with van der Waals surface area (Å²) in [4.78, 5) is 18.8. The Bertz CT molecular complexity index is 1030. The summed E-state index contributed by atoms with van der Waals surface area (Å²) >= 11 is 0. The number of carbonyl (C=O) groups is 1. The highest BCUT2D eigenvalue weighted by Gasteiger charge is 2.20. The van der Waals surface area contributed by atoms with Crippen LogP contribution in [0.4, 0.5) is 0 Å². The van der Waals surface area contributed by atoms with Gasteiger partial charge >= 0.3 is 0 Å². The summed E-state index contributed by atoms with van der Waals surface area (Å²) in [6.07, 6.45) is 4.16. The number of aromatic nitrogens is 4. The zero-order valence-corrected chi connectivity index (χ0v) is 17.4. The molecule has 8 nitrogen and oxygen atoms in total. The van der Waals surface area contributed by atoms with Gasteiger partial charge in [0.2, 0.25) is 0 Å². The molecule has 0 atom stereocenters. The number of nitrogens with zero attached hydrogens (tertiary/aromatic N) is 5. The number of nitrogens with one attached hydrogen (secondary N) is 1. The molecular weight excluding hydrogens is 392 g/mol. The minimum atomic E-state index is -0.218. The number of pyridine rings is 1. The maximum Gasteiger partial charge on any atom is 0.270 e. The van der Waals surface area contributed by atoms with Crippen LogP contribution in [0.15, 0.2) is 61.3 Å². The summed E-state index contributed by atoms with van der Waals surface area (Å²) in [6, 6.07) is 13.4. The van der Waals surface area contributed by atoms with Crippen LogP contribution in [-0.4, -0.2) is 50.3 Å². The van der Waals surface area contributed by atoms with Crippen molar-refractivity contribution in [2.24, 2.45) is 0 Å². The monoisotopic (exact) mass is 418 g/mol. The van der Waals surface area contributed by atoms with Crippen LogP contribution in [0.5, 0.6) is 5.75 Å². The summed E-state index contributed by atoms with van der Waals surface area (Å²) in [5.74, 6) is 2.38. The third-order valence-electron chi connectivity index (χ3n) is 5.22. The van der Waals surface area contributed by atoms with E-state index in [-0.39, 0.29) is 5.91 Å². The first-order chi connectivity index (χ1) is 15.2. The van der Waals surface area contributed by atoms with Crippen LogP contribution in [0.3, 0.4) is 0 Å². The maximum atomic E-state index is 12.3. The number of ether oxygens (including phenoxy) is 1.